The third kappa shape index (κ3) is 6.67. The molecule has 69 heavy (non-hydrogen) atoms. The van der Waals surface area contributed by atoms with Gasteiger partial charge in [-0.15, -0.1) is 0 Å². The molecule has 330 valence electrons. The topological polar surface area (TPSA) is 3.24 Å². The van der Waals surface area contributed by atoms with Crippen LogP contribution in [0.3, 0.4) is 0 Å². The lowest BCUT2D eigenvalue weighted by Crippen LogP contribution is -2.21. The van der Waals surface area contributed by atoms with Crippen molar-refractivity contribution in [1.82, 2.24) is 0 Å². The Morgan fingerprint density at radius 1 is 0.290 bits per heavy atom. The van der Waals surface area contributed by atoms with Gasteiger partial charge < -0.3 is 4.90 Å². The van der Waals surface area contributed by atoms with Crippen molar-refractivity contribution in [2.24, 2.45) is 0 Å². The first kappa shape index (κ1) is 41.2. The van der Waals surface area contributed by atoms with Gasteiger partial charge >= 0.3 is 0 Å². The van der Waals surface area contributed by atoms with E-state index in [0.29, 0.717) is 0 Å². The molecule has 1 saturated carbocycles. The Bertz CT molecular complexity index is 3560. The van der Waals surface area contributed by atoms with E-state index in [1.165, 1.54) is 132 Å². The molecule has 1 heteroatoms. The molecule has 10 aromatic rings. The Morgan fingerprint density at radius 2 is 0.710 bits per heavy atom. The maximum Gasteiger partial charge on any atom is 0.0468 e. The molecule has 3 aliphatic rings. The standard InChI is InChI=1S/C68H53N/c1-67(2)63-28-13-11-25-58(63)61-27-17-26-60(66(61)67)56-23-10-9-22-54(56)50-34-36-51(37-35-50)69(53-39-41-59-57-24-12-14-29-64(57)68(65(59)45-53)42-15-16-43-68)52-38-40-55(62(44-52)48-20-7-4-8-21-48)49-32-30-47(31-33-49)46-18-5-3-6-19-46/h3-14,17-41,44-45H,15-16,42-43H2,1-2H3. The van der Waals surface area contributed by atoms with Crippen molar-refractivity contribution >= 4 is 17.1 Å². The lowest BCUT2D eigenvalue weighted by atomic mass is 9.76. The molecule has 0 saturated heterocycles. The van der Waals surface area contributed by atoms with E-state index in [1.807, 2.05) is 0 Å². The zero-order chi connectivity index (χ0) is 46.1. The van der Waals surface area contributed by atoms with Crippen LogP contribution in [0.2, 0.25) is 0 Å². The number of anilines is 3. The van der Waals surface area contributed by atoms with Gasteiger partial charge in [0.15, 0.2) is 0 Å². The van der Waals surface area contributed by atoms with Gasteiger partial charge in [0.25, 0.3) is 0 Å². The highest BCUT2D eigenvalue weighted by Crippen LogP contribution is 2.58. The van der Waals surface area contributed by atoms with Gasteiger partial charge in [0.05, 0.1) is 0 Å². The molecular weight excluding hydrogens is 831 g/mol. The van der Waals surface area contributed by atoms with E-state index in [4.69, 9.17) is 0 Å². The number of rotatable bonds is 8. The third-order valence-electron chi connectivity index (χ3n) is 15.8. The van der Waals surface area contributed by atoms with Gasteiger partial charge in [0.2, 0.25) is 0 Å². The summed E-state index contributed by atoms with van der Waals surface area (Å²) in [4.78, 5) is 2.50. The molecule has 3 aliphatic carbocycles. The molecule has 0 N–H and O–H groups in total. The molecule has 0 aliphatic heterocycles. The van der Waals surface area contributed by atoms with Crippen LogP contribution in [0.25, 0.3) is 77.9 Å². The fourth-order valence-electron chi connectivity index (χ4n) is 12.6. The Morgan fingerprint density at radius 3 is 1.39 bits per heavy atom. The summed E-state index contributed by atoms with van der Waals surface area (Å²) in [5.41, 5.74) is 26.9. The Kier molecular flexibility index (Phi) is 9.77. The predicted octanol–water partition coefficient (Wildman–Crippen LogP) is 18.6. The molecule has 0 unspecified atom stereocenters. The summed E-state index contributed by atoms with van der Waals surface area (Å²) in [6.07, 6.45) is 4.90. The zero-order valence-electron chi connectivity index (χ0n) is 39.3. The molecule has 0 radical (unpaired) electrons. The quantitative estimate of drug-likeness (QED) is 0.147. The van der Waals surface area contributed by atoms with Crippen molar-refractivity contribution in [2.45, 2.75) is 50.4 Å². The highest BCUT2D eigenvalue weighted by Gasteiger charge is 2.45. The fraction of sp³-hybridized carbons (Fsp3) is 0.118. The molecule has 1 fully saturated rings. The number of benzene rings is 10. The van der Waals surface area contributed by atoms with Gasteiger partial charge in [0.1, 0.15) is 0 Å². The molecular formula is C68H53N. The van der Waals surface area contributed by atoms with Crippen LogP contribution in [0.1, 0.15) is 61.8 Å². The van der Waals surface area contributed by atoms with Crippen LogP contribution in [0, 0.1) is 0 Å². The molecule has 0 atom stereocenters. The van der Waals surface area contributed by atoms with Crippen LogP contribution in [0.15, 0.2) is 237 Å². The highest BCUT2D eigenvalue weighted by atomic mass is 15.1. The van der Waals surface area contributed by atoms with Gasteiger partial charge in [-0.2, -0.15) is 0 Å². The van der Waals surface area contributed by atoms with Crippen LogP contribution in [-0.4, -0.2) is 0 Å². The Balaban J connectivity index is 0.954. The van der Waals surface area contributed by atoms with Gasteiger partial charge in [-0.25, -0.2) is 0 Å². The van der Waals surface area contributed by atoms with Crippen molar-refractivity contribution in [3.63, 3.8) is 0 Å². The van der Waals surface area contributed by atoms with Crippen LogP contribution in [0.4, 0.5) is 17.1 Å². The summed E-state index contributed by atoms with van der Waals surface area (Å²) in [5.74, 6) is 0. The lowest BCUT2D eigenvalue weighted by molar-refractivity contribution is 0.550. The third-order valence-corrected chi connectivity index (χ3v) is 15.8. The van der Waals surface area contributed by atoms with Gasteiger partial charge in [-0.3, -0.25) is 0 Å². The zero-order valence-corrected chi connectivity index (χ0v) is 39.3. The van der Waals surface area contributed by atoms with E-state index < -0.39 is 0 Å². The summed E-state index contributed by atoms with van der Waals surface area (Å²) in [6.45, 7) is 4.77. The number of nitrogens with zero attached hydrogens (tertiary/aromatic N) is 1. The average molecular weight is 884 g/mol. The second-order valence-corrected chi connectivity index (χ2v) is 19.9. The second kappa shape index (κ2) is 16.4. The molecule has 0 bridgehead atoms. The maximum absolute atomic E-state index is 2.54. The minimum absolute atomic E-state index is 0.0553. The van der Waals surface area contributed by atoms with Crippen molar-refractivity contribution in [3.8, 4) is 77.9 Å². The summed E-state index contributed by atoms with van der Waals surface area (Å²) in [5, 5.41) is 0. The van der Waals surface area contributed by atoms with Crippen LogP contribution in [-0.2, 0) is 10.8 Å². The van der Waals surface area contributed by atoms with Gasteiger partial charge in [-0.1, -0.05) is 227 Å². The van der Waals surface area contributed by atoms with E-state index >= 15 is 0 Å². The molecule has 13 rings (SSSR count). The summed E-state index contributed by atoms with van der Waals surface area (Å²) in [6, 6.07) is 88.4. The summed E-state index contributed by atoms with van der Waals surface area (Å²) in [7, 11) is 0. The first-order chi connectivity index (χ1) is 34.0. The summed E-state index contributed by atoms with van der Waals surface area (Å²) >= 11 is 0. The molecule has 0 heterocycles. The SMILES string of the molecule is CC1(C)c2ccccc2-c2cccc(-c3ccccc3-c3ccc(N(c4ccc(-c5ccc(-c6ccccc6)cc5)c(-c5ccccc5)c4)c4ccc5c(c4)C4(CCCC4)c4ccccc4-5)cc3)c21. The maximum atomic E-state index is 2.54. The summed E-state index contributed by atoms with van der Waals surface area (Å²) < 4.78 is 0. The van der Waals surface area contributed by atoms with Crippen LogP contribution in [0.5, 0.6) is 0 Å². The number of fused-ring (bicyclic) bond motifs is 8. The molecule has 1 spiro atoms. The molecule has 1 nitrogen and oxygen atoms in total. The first-order valence-electron chi connectivity index (χ1n) is 24.8. The first-order valence-corrected chi connectivity index (χ1v) is 24.8. The van der Waals surface area contributed by atoms with Gasteiger partial charge in [-0.05, 0) is 149 Å². The monoisotopic (exact) mass is 883 g/mol. The Labute approximate surface area is 407 Å². The number of hydrogen-bond acceptors (Lipinski definition) is 1. The predicted molar refractivity (Wildman–Crippen MR) is 291 cm³/mol. The Hall–Kier alpha value is -8.00. The fourth-order valence-corrected chi connectivity index (χ4v) is 12.6. The van der Waals surface area contributed by atoms with Crippen LogP contribution < -0.4 is 4.90 Å². The van der Waals surface area contributed by atoms with E-state index in [2.05, 4.69) is 255 Å². The van der Waals surface area contributed by atoms with E-state index in [9.17, 15) is 0 Å². The highest BCUT2D eigenvalue weighted by molar-refractivity contribution is 5.95. The van der Waals surface area contributed by atoms with E-state index in [-0.39, 0.29) is 10.8 Å². The molecule has 0 aromatic heterocycles. The largest absolute Gasteiger partial charge is 0.310 e. The second-order valence-electron chi connectivity index (χ2n) is 19.9. The minimum Gasteiger partial charge on any atom is -0.310 e. The van der Waals surface area contributed by atoms with Gasteiger partial charge in [0, 0.05) is 27.9 Å². The van der Waals surface area contributed by atoms with Crippen molar-refractivity contribution < 1.29 is 0 Å². The van der Waals surface area contributed by atoms with Crippen molar-refractivity contribution in [1.29, 1.82) is 0 Å². The van der Waals surface area contributed by atoms with Crippen molar-refractivity contribution in [3.05, 3.63) is 259 Å². The smallest absolute Gasteiger partial charge is 0.0468 e. The lowest BCUT2D eigenvalue weighted by Gasteiger charge is -2.30. The minimum atomic E-state index is -0.117. The van der Waals surface area contributed by atoms with Crippen LogP contribution >= 0.6 is 0 Å². The molecule has 10 aromatic carbocycles. The van der Waals surface area contributed by atoms with E-state index in [1.54, 1.807) is 0 Å². The number of hydrogen-bond donors (Lipinski definition) is 0. The van der Waals surface area contributed by atoms with E-state index in [0.717, 1.165) is 11.4 Å². The average Bonchev–Trinajstić information content (AvgIpc) is 4.09. The molecule has 0 amide bonds. The normalized spacial score (nSPS) is 14.5. The van der Waals surface area contributed by atoms with Crippen molar-refractivity contribution in [2.75, 3.05) is 4.90 Å².